The number of hydrogen-bond acceptors (Lipinski definition) is 5. The van der Waals surface area contributed by atoms with Crippen LogP contribution in [0.4, 0.5) is 11.4 Å². The number of hydrogen-bond donors (Lipinski definition) is 1. The lowest BCUT2D eigenvalue weighted by molar-refractivity contribution is -0.386. The van der Waals surface area contributed by atoms with Crippen molar-refractivity contribution in [1.29, 1.82) is 0 Å². The molecule has 0 aliphatic rings. The van der Waals surface area contributed by atoms with Gasteiger partial charge in [-0.1, -0.05) is 6.07 Å². The highest BCUT2D eigenvalue weighted by Gasteiger charge is 2.23. The van der Waals surface area contributed by atoms with Crippen LogP contribution in [0, 0.1) is 30.9 Å². The number of amides is 1. The van der Waals surface area contributed by atoms with E-state index in [4.69, 9.17) is 4.74 Å². The number of benzene rings is 1. The summed E-state index contributed by atoms with van der Waals surface area (Å²) in [4.78, 5) is 22.9. The number of carbonyl (C=O) groups excluding carboxylic acids is 1. The van der Waals surface area contributed by atoms with Gasteiger partial charge in [-0.25, -0.2) is 0 Å². The van der Waals surface area contributed by atoms with Gasteiger partial charge in [0.05, 0.1) is 22.0 Å². The minimum Gasteiger partial charge on any atom is -0.474 e. The van der Waals surface area contributed by atoms with Crippen LogP contribution < -0.4 is 10.1 Å². The Morgan fingerprint density at radius 2 is 2.04 bits per heavy atom. The van der Waals surface area contributed by atoms with Crippen LogP contribution in [0.2, 0.25) is 0 Å². The first-order chi connectivity index (χ1) is 11.2. The molecule has 0 bridgehead atoms. The van der Waals surface area contributed by atoms with Crippen molar-refractivity contribution in [3.05, 3.63) is 45.3 Å². The van der Waals surface area contributed by atoms with Crippen LogP contribution >= 0.6 is 0 Å². The summed E-state index contributed by atoms with van der Waals surface area (Å²) < 4.78 is 7.17. The number of rotatable bonds is 5. The van der Waals surface area contributed by atoms with Crippen molar-refractivity contribution in [3.63, 3.8) is 0 Å². The number of nitrogens with zero attached hydrogens (tertiary/aromatic N) is 3. The van der Waals surface area contributed by atoms with Crippen LogP contribution in [0.1, 0.15) is 23.9 Å². The van der Waals surface area contributed by atoms with Crippen molar-refractivity contribution >= 4 is 17.3 Å². The maximum atomic E-state index is 12.3. The Hall–Kier alpha value is -2.90. The number of nitrogens with one attached hydrogen (secondary N) is 1. The van der Waals surface area contributed by atoms with Crippen LogP contribution in [-0.4, -0.2) is 26.7 Å². The molecule has 0 aliphatic carbocycles. The minimum absolute atomic E-state index is 0.0629. The minimum atomic E-state index is -0.898. The van der Waals surface area contributed by atoms with Gasteiger partial charge in [-0.3, -0.25) is 19.6 Å². The topological polar surface area (TPSA) is 99.3 Å². The molecule has 2 aromatic rings. The van der Waals surface area contributed by atoms with Gasteiger partial charge in [0.15, 0.2) is 11.9 Å². The summed E-state index contributed by atoms with van der Waals surface area (Å²) in [7, 11) is 1.79. The first-order valence-corrected chi connectivity index (χ1v) is 7.43. The molecule has 1 aromatic heterocycles. The number of carbonyl (C=O) groups is 1. The quantitative estimate of drug-likeness (QED) is 0.670. The molecule has 128 valence electrons. The lowest BCUT2D eigenvalue weighted by atomic mass is 10.2. The van der Waals surface area contributed by atoms with Crippen LogP contribution in [0.5, 0.6) is 5.75 Å². The summed E-state index contributed by atoms with van der Waals surface area (Å²) in [6, 6.07) is 4.61. The highest BCUT2D eigenvalue weighted by Crippen LogP contribution is 2.29. The Bertz CT molecular complexity index is 798. The number of aryl methyl sites for hydroxylation is 3. The van der Waals surface area contributed by atoms with Gasteiger partial charge in [0.25, 0.3) is 5.91 Å². The summed E-state index contributed by atoms with van der Waals surface area (Å²) in [5.41, 5.74) is 2.71. The molecular formula is C16H20N4O4. The molecule has 1 aromatic carbocycles. The van der Waals surface area contributed by atoms with E-state index in [0.717, 1.165) is 11.3 Å². The largest absolute Gasteiger partial charge is 0.474 e. The molecule has 8 heteroatoms. The van der Waals surface area contributed by atoms with Gasteiger partial charge in [-0.2, -0.15) is 5.10 Å². The fraction of sp³-hybridized carbons (Fsp3) is 0.375. The predicted octanol–water partition coefficient (Wildman–Crippen LogP) is 2.66. The molecule has 2 rings (SSSR count). The van der Waals surface area contributed by atoms with E-state index >= 15 is 0 Å². The Morgan fingerprint density at radius 1 is 1.38 bits per heavy atom. The predicted molar refractivity (Wildman–Crippen MR) is 89.2 cm³/mol. The first kappa shape index (κ1) is 17.5. The second-order valence-corrected chi connectivity index (χ2v) is 5.65. The summed E-state index contributed by atoms with van der Waals surface area (Å²) in [5.74, 6) is -0.336. The van der Waals surface area contributed by atoms with Crippen LogP contribution in [0.3, 0.4) is 0 Å². The van der Waals surface area contributed by atoms with E-state index in [2.05, 4.69) is 10.4 Å². The molecule has 8 nitrogen and oxygen atoms in total. The van der Waals surface area contributed by atoms with Crippen LogP contribution in [-0.2, 0) is 11.8 Å². The van der Waals surface area contributed by atoms with Gasteiger partial charge in [-0.15, -0.1) is 0 Å². The smallest absolute Gasteiger partial charge is 0.311 e. The van der Waals surface area contributed by atoms with Crippen molar-refractivity contribution in [2.24, 2.45) is 7.05 Å². The van der Waals surface area contributed by atoms with Crippen molar-refractivity contribution in [3.8, 4) is 5.75 Å². The first-order valence-electron chi connectivity index (χ1n) is 7.43. The highest BCUT2D eigenvalue weighted by atomic mass is 16.6. The Balaban J connectivity index is 2.16. The van der Waals surface area contributed by atoms with Crippen molar-refractivity contribution < 1.29 is 14.5 Å². The number of nitro benzene ring substituents is 1. The normalized spacial score (nSPS) is 11.9. The molecule has 0 aliphatic heterocycles. The number of ether oxygens (including phenoxy) is 1. The second-order valence-electron chi connectivity index (χ2n) is 5.65. The number of anilines is 1. The highest BCUT2D eigenvalue weighted by molar-refractivity contribution is 5.95. The Kier molecular flexibility index (Phi) is 4.87. The molecule has 0 spiro atoms. The molecule has 1 N–H and O–H groups in total. The molecule has 0 saturated carbocycles. The van der Waals surface area contributed by atoms with Gasteiger partial charge < -0.3 is 10.1 Å². The van der Waals surface area contributed by atoms with Crippen LogP contribution in [0.25, 0.3) is 0 Å². The van der Waals surface area contributed by atoms with E-state index < -0.39 is 16.9 Å². The lowest BCUT2D eigenvalue weighted by Gasteiger charge is -2.15. The zero-order chi connectivity index (χ0) is 18.0. The monoisotopic (exact) mass is 332 g/mol. The van der Waals surface area contributed by atoms with E-state index in [-0.39, 0.29) is 11.4 Å². The van der Waals surface area contributed by atoms with Gasteiger partial charge in [0.1, 0.15) is 0 Å². The molecule has 0 unspecified atom stereocenters. The molecule has 1 atom stereocenters. The molecule has 24 heavy (non-hydrogen) atoms. The van der Waals surface area contributed by atoms with Gasteiger partial charge >= 0.3 is 5.69 Å². The zero-order valence-corrected chi connectivity index (χ0v) is 14.3. The molecule has 1 amide bonds. The average Bonchev–Trinajstić information content (AvgIpc) is 2.75. The van der Waals surface area contributed by atoms with Crippen molar-refractivity contribution in [1.82, 2.24) is 9.78 Å². The Morgan fingerprint density at radius 3 is 2.58 bits per heavy atom. The Labute approximate surface area is 139 Å². The standard InChI is InChI=1S/C16H20N4O4/c1-9-6-7-14(13(8-9)20(22)23)24-12(4)16(21)17-15-10(2)18-19(5)11(15)3/h6-8,12H,1-5H3,(H,17,21)/t12-/m0/s1. The van der Waals surface area contributed by atoms with E-state index in [1.54, 1.807) is 38.6 Å². The second kappa shape index (κ2) is 6.69. The maximum absolute atomic E-state index is 12.3. The van der Waals surface area contributed by atoms with Crippen LogP contribution in [0.15, 0.2) is 18.2 Å². The fourth-order valence-electron chi connectivity index (χ4n) is 2.29. The molecular weight excluding hydrogens is 312 g/mol. The van der Waals surface area contributed by atoms with Gasteiger partial charge in [0, 0.05) is 13.1 Å². The van der Waals surface area contributed by atoms with Crippen molar-refractivity contribution in [2.75, 3.05) is 5.32 Å². The number of nitro groups is 1. The van der Waals surface area contributed by atoms with E-state index in [1.807, 2.05) is 6.92 Å². The third kappa shape index (κ3) is 3.53. The zero-order valence-electron chi connectivity index (χ0n) is 14.3. The van der Waals surface area contributed by atoms with Crippen molar-refractivity contribution in [2.45, 2.75) is 33.8 Å². The fourth-order valence-corrected chi connectivity index (χ4v) is 2.29. The van der Waals surface area contributed by atoms with E-state index in [0.29, 0.717) is 11.4 Å². The average molecular weight is 332 g/mol. The van der Waals surface area contributed by atoms with Gasteiger partial charge in [0.2, 0.25) is 0 Å². The third-order valence-corrected chi connectivity index (χ3v) is 3.74. The molecule has 0 fully saturated rings. The molecule has 0 radical (unpaired) electrons. The van der Waals surface area contributed by atoms with Gasteiger partial charge in [-0.05, 0) is 39.3 Å². The lowest BCUT2D eigenvalue weighted by Crippen LogP contribution is -2.30. The third-order valence-electron chi connectivity index (χ3n) is 3.74. The summed E-state index contributed by atoms with van der Waals surface area (Å²) in [6.45, 7) is 6.92. The molecule has 1 heterocycles. The summed E-state index contributed by atoms with van der Waals surface area (Å²) >= 11 is 0. The summed E-state index contributed by atoms with van der Waals surface area (Å²) in [5, 5.41) is 18.1. The van der Waals surface area contributed by atoms with E-state index in [1.165, 1.54) is 12.1 Å². The SMILES string of the molecule is Cc1ccc(O[C@@H](C)C(=O)Nc2c(C)nn(C)c2C)c([N+](=O)[O-])c1. The number of aromatic nitrogens is 2. The maximum Gasteiger partial charge on any atom is 0.311 e. The molecule has 0 saturated heterocycles. The van der Waals surface area contributed by atoms with E-state index in [9.17, 15) is 14.9 Å². The summed E-state index contributed by atoms with van der Waals surface area (Å²) in [6.07, 6.45) is -0.898.